The molecule has 140 valence electrons. The summed E-state index contributed by atoms with van der Waals surface area (Å²) in [6.45, 7) is 1.14. The van der Waals surface area contributed by atoms with Gasteiger partial charge in [0.2, 0.25) is 0 Å². The predicted octanol–water partition coefficient (Wildman–Crippen LogP) is 5.55. The molecule has 0 atom stereocenters. The summed E-state index contributed by atoms with van der Waals surface area (Å²) in [5, 5.41) is 4.09. The monoisotopic (exact) mass is 383 g/mol. The van der Waals surface area contributed by atoms with Gasteiger partial charge in [-0.25, -0.2) is 0 Å². The minimum Gasteiger partial charge on any atom is -0.497 e. The molecule has 1 N–H and O–H groups in total. The van der Waals surface area contributed by atoms with E-state index in [2.05, 4.69) is 5.32 Å². The molecular weight excluding hydrogens is 362 g/mol. The van der Waals surface area contributed by atoms with Gasteiger partial charge in [0, 0.05) is 17.3 Å². The van der Waals surface area contributed by atoms with Crippen molar-refractivity contribution in [2.24, 2.45) is 0 Å². The normalized spacial score (nSPS) is 10.3. The van der Waals surface area contributed by atoms with E-state index in [0.29, 0.717) is 29.7 Å². The molecule has 0 saturated carbocycles. The van der Waals surface area contributed by atoms with Crippen LogP contribution in [0.1, 0.15) is 11.1 Å². The van der Waals surface area contributed by atoms with Crippen LogP contribution in [-0.4, -0.2) is 14.2 Å². The van der Waals surface area contributed by atoms with Crippen LogP contribution < -0.4 is 19.5 Å². The summed E-state index contributed by atoms with van der Waals surface area (Å²) in [5.74, 6) is 2.25. The third kappa shape index (κ3) is 5.31. The van der Waals surface area contributed by atoms with Crippen LogP contribution in [0.4, 0.5) is 5.69 Å². The van der Waals surface area contributed by atoms with Gasteiger partial charge in [0.05, 0.1) is 14.2 Å². The molecule has 0 aliphatic carbocycles. The molecule has 3 aromatic carbocycles. The van der Waals surface area contributed by atoms with Gasteiger partial charge in [-0.15, -0.1) is 0 Å². The van der Waals surface area contributed by atoms with Crippen LogP contribution in [0.3, 0.4) is 0 Å². The highest BCUT2D eigenvalue weighted by Gasteiger charge is 2.07. The van der Waals surface area contributed by atoms with Crippen molar-refractivity contribution in [2.45, 2.75) is 13.2 Å². The molecule has 0 unspecified atom stereocenters. The zero-order valence-electron chi connectivity index (χ0n) is 15.4. The number of halogens is 1. The van der Waals surface area contributed by atoms with Crippen LogP contribution in [0.25, 0.3) is 0 Å². The number of rotatable bonds is 8. The van der Waals surface area contributed by atoms with Gasteiger partial charge in [-0.2, -0.15) is 0 Å². The average Bonchev–Trinajstić information content (AvgIpc) is 2.72. The third-order valence-electron chi connectivity index (χ3n) is 4.12. The van der Waals surface area contributed by atoms with Crippen molar-refractivity contribution in [3.05, 3.63) is 82.9 Å². The number of methoxy groups -OCH3 is 2. The molecule has 0 radical (unpaired) electrons. The van der Waals surface area contributed by atoms with Crippen molar-refractivity contribution in [3.8, 4) is 17.2 Å². The second kappa shape index (κ2) is 9.19. The lowest BCUT2D eigenvalue weighted by Gasteiger charge is -2.13. The van der Waals surface area contributed by atoms with E-state index in [0.717, 1.165) is 22.6 Å². The molecule has 0 heterocycles. The maximum Gasteiger partial charge on any atom is 0.161 e. The Labute approximate surface area is 164 Å². The molecule has 4 nitrogen and oxygen atoms in total. The van der Waals surface area contributed by atoms with Gasteiger partial charge >= 0.3 is 0 Å². The van der Waals surface area contributed by atoms with Crippen LogP contribution in [-0.2, 0) is 13.2 Å². The van der Waals surface area contributed by atoms with Gasteiger partial charge in [0.15, 0.2) is 11.5 Å². The first-order chi connectivity index (χ1) is 13.2. The maximum atomic E-state index is 5.91. The number of anilines is 1. The van der Waals surface area contributed by atoms with Gasteiger partial charge < -0.3 is 19.5 Å². The van der Waals surface area contributed by atoms with E-state index in [9.17, 15) is 0 Å². The molecule has 0 aliphatic rings. The van der Waals surface area contributed by atoms with Crippen LogP contribution >= 0.6 is 11.6 Å². The zero-order chi connectivity index (χ0) is 19.1. The summed E-state index contributed by atoms with van der Waals surface area (Å²) in [4.78, 5) is 0. The van der Waals surface area contributed by atoms with Crippen LogP contribution in [0, 0.1) is 0 Å². The summed E-state index contributed by atoms with van der Waals surface area (Å²) in [5.41, 5.74) is 3.17. The fourth-order valence-electron chi connectivity index (χ4n) is 2.60. The lowest BCUT2D eigenvalue weighted by atomic mass is 10.2. The van der Waals surface area contributed by atoms with Crippen molar-refractivity contribution in [3.63, 3.8) is 0 Å². The minimum atomic E-state index is 0.455. The Hall–Kier alpha value is -2.85. The van der Waals surface area contributed by atoms with Crippen LogP contribution in [0.15, 0.2) is 66.7 Å². The van der Waals surface area contributed by atoms with Gasteiger partial charge in [-0.1, -0.05) is 29.8 Å². The number of hydrogen-bond acceptors (Lipinski definition) is 4. The van der Waals surface area contributed by atoms with Crippen LogP contribution in [0.2, 0.25) is 5.02 Å². The van der Waals surface area contributed by atoms with E-state index in [1.165, 1.54) is 0 Å². The highest BCUT2D eigenvalue weighted by atomic mass is 35.5. The van der Waals surface area contributed by atoms with E-state index in [1.807, 2.05) is 66.7 Å². The summed E-state index contributed by atoms with van der Waals surface area (Å²) in [6.07, 6.45) is 0. The first-order valence-corrected chi connectivity index (χ1v) is 8.98. The standard InChI is InChI=1S/C22H22ClNO3/c1-25-20-10-8-19(9-11-20)24-14-17-5-12-21(22(13-17)26-2)27-15-16-3-6-18(23)7-4-16/h3-13,24H,14-15H2,1-2H3. The summed E-state index contributed by atoms with van der Waals surface area (Å²) in [6, 6.07) is 21.4. The van der Waals surface area contributed by atoms with Crippen molar-refractivity contribution in [2.75, 3.05) is 19.5 Å². The Bertz CT molecular complexity index is 864. The largest absolute Gasteiger partial charge is 0.497 e. The van der Waals surface area contributed by atoms with Crippen LogP contribution in [0.5, 0.6) is 17.2 Å². The average molecular weight is 384 g/mol. The molecule has 0 fully saturated rings. The van der Waals surface area contributed by atoms with Crippen molar-refractivity contribution >= 4 is 17.3 Å². The number of hydrogen-bond donors (Lipinski definition) is 1. The zero-order valence-corrected chi connectivity index (χ0v) is 16.1. The van der Waals surface area contributed by atoms with Crippen molar-refractivity contribution in [1.29, 1.82) is 0 Å². The fraction of sp³-hybridized carbons (Fsp3) is 0.182. The van der Waals surface area contributed by atoms with Gasteiger partial charge in [0.1, 0.15) is 12.4 Å². The quantitative estimate of drug-likeness (QED) is 0.553. The topological polar surface area (TPSA) is 39.7 Å². The molecule has 27 heavy (non-hydrogen) atoms. The Kier molecular flexibility index (Phi) is 6.44. The lowest BCUT2D eigenvalue weighted by Crippen LogP contribution is -2.02. The molecule has 0 spiro atoms. The van der Waals surface area contributed by atoms with E-state index in [4.69, 9.17) is 25.8 Å². The minimum absolute atomic E-state index is 0.455. The first kappa shape index (κ1) is 18.9. The fourth-order valence-corrected chi connectivity index (χ4v) is 2.72. The molecule has 0 bridgehead atoms. The Morgan fingerprint density at radius 2 is 1.48 bits per heavy atom. The molecule has 0 aromatic heterocycles. The molecule has 3 rings (SSSR count). The molecule has 0 amide bonds. The summed E-state index contributed by atoms with van der Waals surface area (Å²) in [7, 11) is 3.30. The van der Waals surface area contributed by atoms with Gasteiger partial charge in [0.25, 0.3) is 0 Å². The van der Waals surface area contributed by atoms with Gasteiger partial charge in [-0.3, -0.25) is 0 Å². The van der Waals surface area contributed by atoms with Crippen molar-refractivity contribution < 1.29 is 14.2 Å². The number of ether oxygens (including phenoxy) is 3. The van der Waals surface area contributed by atoms with E-state index >= 15 is 0 Å². The number of nitrogens with one attached hydrogen (secondary N) is 1. The number of benzene rings is 3. The first-order valence-electron chi connectivity index (χ1n) is 8.60. The second-order valence-electron chi connectivity index (χ2n) is 5.98. The molecule has 5 heteroatoms. The molecular formula is C22H22ClNO3. The highest BCUT2D eigenvalue weighted by molar-refractivity contribution is 6.30. The van der Waals surface area contributed by atoms with E-state index in [-0.39, 0.29) is 0 Å². The summed E-state index contributed by atoms with van der Waals surface area (Å²) < 4.78 is 16.6. The molecule has 0 saturated heterocycles. The lowest BCUT2D eigenvalue weighted by molar-refractivity contribution is 0.284. The Morgan fingerprint density at radius 3 is 2.15 bits per heavy atom. The maximum absolute atomic E-state index is 5.91. The second-order valence-corrected chi connectivity index (χ2v) is 6.42. The van der Waals surface area contributed by atoms with E-state index in [1.54, 1.807) is 14.2 Å². The third-order valence-corrected chi connectivity index (χ3v) is 4.37. The Balaban J connectivity index is 1.61. The van der Waals surface area contributed by atoms with Crippen molar-refractivity contribution in [1.82, 2.24) is 0 Å². The van der Waals surface area contributed by atoms with Gasteiger partial charge in [-0.05, 0) is 59.7 Å². The SMILES string of the molecule is COc1ccc(NCc2ccc(OCc3ccc(Cl)cc3)c(OC)c2)cc1. The molecule has 0 aliphatic heterocycles. The predicted molar refractivity (Wildman–Crippen MR) is 109 cm³/mol. The Morgan fingerprint density at radius 1 is 0.778 bits per heavy atom. The highest BCUT2D eigenvalue weighted by Crippen LogP contribution is 2.29. The van der Waals surface area contributed by atoms with E-state index < -0.39 is 0 Å². The summed E-state index contributed by atoms with van der Waals surface area (Å²) >= 11 is 5.91. The smallest absolute Gasteiger partial charge is 0.161 e. The molecule has 3 aromatic rings.